The molecule has 0 spiro atoms. The summed E-state index contributed by atoms with van der Waals surface area (Å²) < 4.78 is 23.2. The van der Waals surface area contributed by atoms with E-state index < -0.39 is 15.8 Å². The Bertz CT molecular complexity index is 573. The van der Waals surface area contributed by atoms with Gasteiger partial charge in [-0.2, -0.15) is 0 Å². The Kier molecular flexibility index (Phi) is 4.39. The van der Waals surface area contributed by atoms with E-state index in [0.717, 1.165) is 5.56 Å². The summed E-state index contributed by atoms with van der Waals surface area (Å²) in [6.07, 6.45) is 3.79. The van der Waals surface area contributed by atoms with Crippen molar-refractivity contribution in [2.24, 2.45) is 0 Å². The van der Waals surface area contributed by atoms with Crippen molar-refractivity contribution in [3.8, 4) is 0 Å². The fraction of sp³-hybridized carbons (Fsp3) is 0.538. The molecule has 0 aliphatic carbocycles. The number of pyridine rings is 1. The molecule has 1 aliphatic rings. The predicted molar refractivity (Wildman–Crippen MR) is 74.1 cm³/mol. The number of aromatic nitrogens is 1. The molecule has 2 unspecified atom stereocenters. The summed E-state index contributed by atoms with van der Waals surface area (Å²) in [5, 5.41) is 9.07. The van der Waals surface area contributed by atoms with Gasteiger partial charge in [-0.15, -0.1) is 0 Å². The molecule has 1 aliphatic heterocycles. The van der Waals surface area contributed by atoms with E-state index in [1.807, 2.05) is 19.1 Å². The summed E-state index contributed by atoms with van der Waals surface area (Å²) in [5.41, 5.74) is 0.936. The van der Waals surface area contributed by atoms with Gasteiger partial charge in [0.15, 0.2) is 9.84 Å². The minimum Gasteiger partial charge on any atom is -0.480 e. The smallest absolute Gasteiger partial charge is 0.317 e. The van der Waals surface area contributed by atoms with Crippen LogP contribution >= 0.6 is 0 Å². The lowest BCUT2D eigenvalue weighted by Crippen LogP contribution is -2.41. The number of hydrogen-bond donors (Lipinski definition) is 1. The molecular formula is C13H18N2O4S. The van der Waals surface area contributed by atoms with E-state index in [4.69, 9.17) is 5.11 Å². The van der Waals surface area contributed by atoms with Crippen molar-refractivity contribution in [2.45, 2.75) is 25.4 Å². The predicted octanol–water partition coefficient (Wildman–Crippen LogP) is 0.716. The average Bonchev–Trinajstić information content (AvgIpc) is 2.76. The van der Waals surface area contributed by atoms with Crippen LogP contribution in [0.5, 0.6) is 0 Å². The molecule has 6 nitrogen and oxygen atoms in total. The number of hydrogen-bond acceptors (Lipinski definition) is 5. The van der Waals surface area contributed by atoms with Gasteiger partial charge in [0.25, 0.3) is 0 Å². The van der Waals surface area contributed by atoms with E-state index in [9.17, 15) is 13.2 Å². The summed E-state index contributed by atoms with van der Waals surface area (Å²) in [5.74, 6) is -0.776. The van der Waals surface area contributed by atoms with Gasteiger partial charge in [-0.3, -0.25) is 14.7 Å². The van der Waals surface area contributed by atoms with Crippen molar-refractivity contribution in [2.75, 3.05) is 18.1 Å². The normalized spacial score (nSPS) is 22.8. The molecule has 0 amide bonds. The topological polar surface area (TPSA) is 87.6 Å². The van der Waals surface area contributed by atoms with Crippen LogP contribution in [-0.4, -0.2) is 53.5 Å². The Hall–Kier alpha value is -1.47. The first-order valence-electron chi connectivity index (χ1n) is 6.47. The maximum absolute atomic E-state index is 11.6. The Labute approximate surface area is 118 Å². The molecule has 0 saturated carbocycles. The number of sulfone groups is 1. The molecule has 1 saturated heterocycles. The lowest BCUT2D eigenvalue weighted by molar-refractivity contribution is -0.139. The monoisotopic (exact) mass is 298 g/mol. The molecule has 7 heteroatoms. The molecule has 1 aromatic heterocycles. The first-order chi connectivity index (χ1) is 9.39. The SMILES string of the molecule is CC(c1ccncc1)N(CC(=O)O)C1CCS(=O)(=O)C1. The van der Waals surface area contributed by atoms with Crippen LogP contribution in [0.25, 0.3) is 0 Å². The lowest BCUT2D eigenvalue weighted by atomic mass is 10.1. The first-order valence-corrected chi connectivity index (χ1v) is 8.29. The first kappa shape index (κ1) is 14.9. The van der Waals surface area contributed by atoms with Crippen LogP contribution in [-0.2, 0) is 14.6 Å². The second-order valence-corrected chi connectivity index (χ2v) is 7.31. The van der Waals surface area contributed by atoms with Crippen LogP contribution in [0.3, 0.4) is 0 Å². The summed E-state index contributed by atoms with van der Waals surface area (Å²) in [6, 6.07) is 3.25. The number of aliphatic carboxylic acids is 1. The third kappa shape index (κ3) is 3.55. The Morgan fingerprint density at radius 1 is 1.50 bits per heavy atom. The number of carbonyl (C=O) groups is 1. The van der Waals surface area contributed by atoms with Crippen molar-refractivity contribution in [1.29, 1.82) is 0 Å². The van der Waals surface area contributed by atoms with Crippen LogP contribution in [0.1, 0.15) is 24.9 Å². The molecule has 2 heterocycles. The Morgan fingerprint density at radius 3 is 2.65 bits per heavy atom. The van der Waals surface area contributed by atoms with Gasteiger partial charge in [0.2, 0.25) is 0 Å². The van der Waals surface area contributed by atoms with E-state index in [-0.39, 0.29) is 30.1 Å². The van der Waals surface area contributed by atoms with Crippen molar-refractivity contribution >= 4 is 15.8 Å². The highest BCUT2D eigenvalue weighted by Crippen LogP contribution is 2.27. The van der Waals surface area contributed by atoms with Crippen molar-refractivity contribution in [3.05, 3.63) is 30.1 Å². The van der Waals surface area contributed by atoms with Crippen LogP contribution in [0.2, 0.25) is 0 Å². The van der Waals surface area contributed by atoms with E-state index >= 15 is 0 Å². The highest BCUT2D eigenvalue weighted by Gasteiger charge is 2.35. The second-order valence-electron chi connectivity index (χ2n) is 5.08. The molecule has 0 aromatic carbocycles. The Balaban J connectivity index is 2.22. The van der Waals surface area contributed by atoms with Gasteiger partial charge in [-0.1, -0.05) is 0 Å². The zero-order chi connectivity index (χ0) is 14.8. The molecule has 1 N–H and O–H groups in total. The second kappa shape index (κ2) is 5.88. The van der Waals surface area contributed by atoms with Crippen molar-refractivity contribution in [3.63, 3.8) is 0 Å². The average molecular weight is 298 g/mol. The number of nitrogens with zero attached hydrogens (tertiary/aromatic N) is 2. The van der Waals surface area contributed by atoms with Crippen molar-refractivity contribution < 1.29 is 18.3 Å². The largest absolute Gasteiger partial charge is 0.480 e. The molecule has 2 atom stereocenters. The van der Waals surface area contributed by atoms with E-state index in [1.165, 1.54) is 0 Å². The maximum atomic E-state index is 11.6. The van der Waals surface area contributed by atoms with Crippen LogP contribution in [0, 0.1) is 0 Å². The highest BCUT2D eigenvalue weighted by atomic mass is 32.2. The fourth-order valence-electron chi connectivity index (χ4n) is 2.61. The lowest BCUT2D eigenvalue weighted by Gasteiger charge is -2.32. The standard InChI is InChI=1S/C13H18N2O4S/c1-10(11-2-5-14-6-3-11)15(8-13(16)17)12-4-7-20(18,19)9-12/h2-3,5-6,10,12H,4,7-9H2,1H3,(H,16,17). The summed E-state index contributed by atoms with van der Waals surface area (Å²) in [6.45, 7) is 1.73. The van der Waals surface area contributed by atoms with E-state index in [0.29, 0.717) is 6.42 Å². The number of rotatable bonds is 5. The number of carboxylic acids is 1. The van der Waals surface area contributed by atoms with Gasteiger partial charge in [-0.05, 0) is 31.0 Å². The molecule has 20 heavy (non-hydrogen) atoms. The van der Waals surface area contributed by atoms with Gasteiger partial charge in [-0.25, -0.2) is 8.42 Å². The summed E-state index contributed by atoms with van der Waals surface area (Å²) in [7, 11) is -3.04. The van der Waals surface area contributed by atoms with Gasteiger partial charge < -0.3 is 5.11 Å². The molecule has 2 rings (SSSR count). The fourth-order valence-corrected chi connectivity index (χ4v) is 4.35. The van der Waals surface area contributed by atoms with Crippen molar-refractivity contribution in [1.82, 2.24) is 9.88 Å². The minimum atomic E-state index is -3.04. The van der Waals surface area contributed by atoms with Gasteiger partial charge >= 0.3 is 5.97 Å². The molecule has 110 valence electrons. The van der Waals surface area contributed by atoms with Gasteiger partial charge in [0.1, 0.15) is 0 Å². The third-order valence-corrected chi connectivity index (χ3v) is 5.43. The van der Waals surface area contributed by atoms with Crippen LogP contribution in [0.15, 0.2) is 24.5 Å². The molecule has 0 bridgehead atoms. The zero-order valence-corrected chi connectivity index (χ0v) is 12.1. The Morgan fingerprint density at radius 2 is 2.15 bits per heavy atom. The maximum Gasteiger partial charge on any atom is 0.317 e. The molecule has 1 fully saturated rings. The number of carboxylic acid groups (broad SMARTS) is 1. The molecule has 1 aromatic rings. The summed E-state index contributed by atoms with van der Waals surface area (Å²) in [4.78, 5) is 16.8. The van der Waals surface area contributed by atoms with E-state index in [1.54, 1.807) is 17.3 Å². The quantitative estimate of drug-likeness (QED) is 0.861. The van der Waals surface area contributed by atoms with E-state index in [2.05, 4.69) is 4.98 Å². The van der Waals surface area contributed by atoms with Crippen LogP contribution < -0.4 is 0 Å². The molecule has 0 radical (unpaired) electrons. The highest BCUT2D eigenvalue weighted by molar-refractivity contribution is 7.91. The molecular weight excluding hydrogens is 280 g/mol. The van der Waals surface area contributed by atoms with Gasteiger partial charge in [0.05, 0.1) is 18.1 Å². The summed E-state index contributed by atoms with van der Waals surface area (Å²) >= 11 is 0. The minimum absolute atomic E-state index is 0.0374. The van der Waals surface area contributed by atoms with Gasteiger partial charge in [0, 0.05) is 24.5 Å². The zero-order valence-electron chi connectivity index (χ0n) is 11.3. The third-order valence-electron chi connectivity index (χ3n) is 3.68. The van der Waals surface area contributed by atoms with Crippen LogP contribution in [0.4, 0.5) is 0 Å².